The zero-order valence-corrected chi connectivity index (χ0v) is 30.1. The Labute approximate surface area is 321 Å². The zero-order chi connectivity index (χ0) is 36.7. The Balaban J connectivity index is 0.986. The van der Waals surface area contributed by atoms with Crippen LogP contribution in [0.2, 0.25) is 0 Å². The van der Waals surface area contributed by atoms with E-state index in [1.165, 1.54) is 21.9 Å². The molecule has 0 aliphatic heterocycles. The number of furan rings is 3. The molecule has 0 atom stereocenters. The van der Waals surface area contributed by atoms with Crippen molar-refractivity contribution in [1.82, 2.24) is 0 Å². The first-order valence-corrected chi connectivity index (χ1v) is 18.9. The molecule has 3 aromatic heterocycles. The van der Waals surface area contributed by atoms with E-state index in [0.29, 0.717) is 0 Å². The van der Waals surface area contributed by atoms with E-state index in [1.54, 1.807) is 0 Å². The van der Waals surface area contributed by atoms with Crippen molar-refractivity contribution >= 4 is 93.7 Å². The van der Waals surface area contributed by atoms with Gasteiger partial charge in [0, 0.05) is 55.6 Å². The highest BCUT2D eigenvalue weighted by Gasteiger charge is 2.20. The lowest BCUT2D eigenvalue weighted by Gasteiger charge is -2.26. The van der Waals surface area contributed by atoms with Crippen LogP contribution in [-0.2, 0) is 0 Å². The minimum absolute atomic E-state index is 0.828. The lowest BCUT2D eigenvalue weighted by atomic mass is 9.98. The number of nitrogens with zero attached hydrogens (tertiary/aromatic N) is 1. The van der Waals surface area contributed by atoms with Crippen LogP contribution in [0.4, 0.5) is 17.1 Å². The molecular formula is C52H31NO3. The molecule has 0 amide bonds. The summed E-state index contributed by atoms with van der Waals surface area (Å²) in [7, 11) is 0. The van der Waals surface area contributed by atoms with Crippen LogP contribution in [0.5, 0.6) is 0 Å². The molecule has 0 unspecified atom stereocenters. The van der Waals surface area contributed by atoms with Gasteiger partial charge in [0.1, 0.15) is 33.5 Å². The molecule has 0 spiro atoms. The molecule has 0 aliphatic rings. The second-order valence-electron chi connectivity index (χ2n) is 14.4. The molecule has 3 heterocycles. The predicted molar refractivity (Wildman–Crippen MR) is 231 cm³/mol. The highest BCUT2D eigenvalue weighted by molar-refractivity contribution is 6.23. The van der Waals surface area contributed by atoms with Crippen molar-refractivity contribution in [3.63, 3.8) is 0 Å². The minimum atomic E-state index is 0.828. The molecule has 0 radical (unpaired) electrons. The van der Waals surface area contributed by atoms with Crippen molar-refractivity contribution in [3.8, 4) is 22.3 Å². The number of fused-ring (bicyclic) bond motifs is 11. The summed E-state index contributed by atoms with van der Waals surface area (Å²) >= 11 is 0. The summed E-state index contributed by atoms with van der Waals surface area (Å²) < 4.78 is 19.4. The van der Waals surface area contributed by atoms with Crippen LogP contribution >= 0.6 is 0 Å². The molecule has 262 valence electrons. The van der Waals surface area contributed by atoms with Crippen molar-refractivity contribution in [2.75, 3.05) is 4.90 Å². The Morgan fingerprint density at radius 1 is 0.304 bits per heavy atom. The van der Waals surface area contributed by atoms with Gasteiger partial charge < -0.3 is 18.2 Å². The van der Waals surface area contributed by atoms with Gasteiger partial charge in [0.15, 0.2) is 0 Å². The van der Waals surface area contributed by atoms with Crippen molar-refractivity contribution in [2.45, 2.75) is 0 Å². The first kappa shape index (κ1) is 30.9. The third kappa shape index (κ3) is 4.66. The molecule has 0 aliphatic carbocycles. The van der Waals surface area contributed by atoms with Crippen LogP contribution in [-0.4, -0.2) is 0 Å². The summed E-state index contributed by atoms with van der Waals surface area (Å²) in [4.78, 5) is 2.30. The van der Waals surface area contributed by atoms with Crippen LogP contribution in [0.15, 0.2) is 201 Å². The average Bonchev–Trinajstić information content (AvgIpc) is 3.95. The molecule has 12 rings (SSSR count). The monoisotopic (exact) mass is 717 g/mol. The summed E-state index contributed by atoms with van der Waals surface area (Å²) in [5.74, 6) is 0. The third-order valence-electron chi connectivity index (χ3n) is 11.3. The van der Waals surface area contributed by atoms with Gasteiger partial charge in [-0.2, -0.15) is 0 Å². The van der Waals surface area contributed by atoms with Crippen molar-refractivity contribution in [1.29, 1.82) is 0 Å². The molecule has 4 nitrogen and oxygen atoms in total. The Kier molecular flexibility index (Phi) is 6.60. The van der Waals surface area contributed by atoms with E-state index < -0.39 is 0 Å². The third-order valence-corrected chi connectivity index (χ3v) is 11.3. The topological polar surface area (TPSA) is 42.7 Å². The van der Waals surface area contributed by atoms with Gasteiger partial charge in [0.05, 0.1) is 5.39 Å². The average molecular weight is 718 g/mol. The molecule has 12 aromatic rings. The number of hydrogen-bond acceptors (Lipinski definition) is 4. The molecule has 56 heavy (non-hydrogen) atoms. The SMILES string of the molecule is c1ccc2c(-c3ccc(N(c4ccc(-c5cccc6c5oc5c6ccc6oc7ccccc7c65)cc4)c4ccc5c(c4)oc4ccccc45)cc3)cccc2c1. The van der Waals surface area contributed by atoms with Gasteiger partial charge in [-0.05, 0) is 88.1 Å². The van der Waals surface area contributed by atoms with E-state index in [4.69, 9.17) is 13.3 Å². The van der Waals surface area contributed by atoms with Crippen LogP contribution in [0.3, 0.4) is 0 Å². The Morgan fingerprint density at radius 2 is 0.839 bits per heavy atom. The van der Waals surface area contributed by atoms with Gasteiger partial charge >= 0.3 is 0 Å². The number of hydrogen-bond donors (Lipinski definition) is 0. The molecule has 0 saturated carbocycles. The predicted octanol–water partition coefficient (Wildman–Crippen LogP) is 15.3. The van der Waals surface area contributed by atoms with E-state index in [-0.39, 0.29) is 0 Å². The molecule has 4 heteroatoms. The molecule has 0 N–H and O–H groups in total. The lowest BCUT2D eigenvalue weighted by Crippen LogP contribution is -2.09. The standard InChI is InChI=1S/C52H31NO3/c1-2-11-38-32(9-1)10-7-14-39(38)33-19-23-35(24-20-33)53(37-27-28-42-41-12-3-5-17-46(41)55-49(42)31-37)36-25-21-34(22-26-36)40-15-8-16-43-44-29-30-48-50(52(44)56-51(40)43)45-13-4-6-18-47(45)54-48/h1-31H. The zero-order valence-electron chi connectivity index (χ0n) is 30.1. The van der Waals surface area contributed by atoms with Crippen molar-refractivity contribution in [3.05, 3.63) is 188 Å². The fraction of sp³-hybridized carbons (Fsp3) is 0. The number of benzene rings is 9. The van der Waals surface area contributed by atoms with Gasteiger partial charge in [-0.3, -0.25) is 0 Å². The van der Waals surface area contributed by atoms with E-state index in [0.717, 1.165) is 94.0 Å². The maximum absolute atomic E-state index is 6.79. The van der Waals surface area contributed by atoms with Gasteiger partial charge in [-0.15, -0.1) is 0 Å². The normalized spacial score (nSPS) is 11.9. The summed E-state index contributed by atoms with van der Waals surface area (Å²) in [6.45, 7) is 0. The molecule has 9 aromatic carbocycles. The second kappa shape index (κ2) is 12.0. The van der Waals surface area contributed by atoms with Crippen LogP contribution in [0.1, 0.15) is 0 Å². The van der Waals surface area contributed by atoms with Crippen LogP contribution in [0, 0.1) is 0 Å². The highest BCUT2D eigenvalue weighted by atomic mass is 16.3. The molecule has 0 bridgehead atoms. The summed E-state index contributed by atoms with van der Waals surface area (Å²) in [5, 5.41) is 8.93. The summed E-state index contributed by atoms with van der Waals surface area (Å²) in [6, 6.07) is 66.2. The van der Waals surface area contributed by atoms with Crippen LogP contribution in [0.25, 0.3) is 98.8 Å². The molecule has 0 fully saturated rings. The fourth-order valence-corrected chi connectivity index (χ4v) is 8.65. The number of rotatable bonds is 5. The smallest absolute Gasteiger partial charge is 0.147 e. The highest BCUT2D eigenvalue weighted by Crippen LogP contribution is 2.44. The maximum atomic E-state index is 6.79. The van der Waals surface area contributed by atoms with E-state index in [1.807, 2.05) is 30.3 Å². The quantitative estimate of drug-likeness (QED) is 0.178. The second-order valence-corrected chi connectivity index (χ2v) is 14.4. The fourth-order valence-electron chi connectivity index (χ4n) is 8.65. The maximum Gasteiger partial charge on any atom is 0.147 e. The molecule has 0 saturated heterocycles. The Morgan fingerprint density at radius 3 is 1.64 bits per heavy atom. The number of para-hydroxylation sites is 3. The van der Waals surface area contributed by atoms with Crippen LogP contribution < -0.4 is 4.90 Å². The Bertz CT molecular complexity index is 3470. The largest absolute Gasteiger partial charge is 0.456 e. The minimum Gasteiger partial charge on any atom is -0.456 e. The van der Waals surface area contributed by atoms with Gasteiger partial charge in [-0.1, -0.05) is 121 Å². The van der Waals surface area contributed by atoms with E-state index in [9.17, 15) is 0 Å². The number of anilines is 3. The van der Waals surface area contributed by atoms with Crippen molar-refractivity contribution < 1.29 is 13.3 Å². The van der Waals surface area contributed by atoms with Gasteiger partial charge in [-0.25, -0.2) is 0 Å². The van der Waals surface area contributed by atoms with E-state index in [2.05, 4.69) is 163 Å². The van der Waals surface area contributed by atoms with Gasteiger partial charge in [0.25, 0.3) is 0 Å². The summed E-state index contributed by atoms with van der Waals surface area (Å²) in [5.41, 5.74) is 12.8. The first-order chi connectivity index (χ1) is 27.7. The first-order valence-electron chi connectivity index (χ1n) is 18.9. The lowest BCUT2D eigenvalue weighted by molar-refractivity contribution is 0.663. The van der Waals surface area contributed by atoms with Gasteiger partial charge in [0.2, 0.25) is 0 Å². The summed E-state index contributed by atoms with van der Waals surface area (Å²) in [6.07, 6.45) is 0. The molecular weight excluding hydrogens is 687 g/mol. The Hall–Kier alpha value is -7.56. The van der Waals surface area contributed by atoms with E-state index >= 15 is 0 Å². The van der Waals surface area contributed by atoms with Crippen molar-refractivity contribution in [2.24, 2.45) is 0 Å².